The molecule has 1 atom stereocenters. The van der Waals surface area contributed by atoms with E-state index in [1.54, 1.807) is 0 Å². The number of sulfonamides is 1. The highest BCUT2D eigenvalue weighted by molar-refractivity contribution is 7.92. The minimum atomic E-state index is -4.13. The van der Waals surface area contributed by atoms with E-state index in [0.29, 0.717) is 0 Å². The molecule has 0 aromatic heterocycles. The van der Waals surface area contributed by atoms with Crippen LogP contribution in [-0.2, 0) is 32.6 Å². The number of nitro groups is 1. The van der Waals surface area contributed by atoms with Crippen molar-refractivity contribution in [3.8, 4) is 5.75 Å². The van der Waals surface area contributed by atoms with Crippen LogP contribution in [0, 0.1) is 17.0 Å². The van der Waals surface area contributed by atoms with E-state index in [1.807, 2.05) is 61.5 Å². The Morgan fingerprint density at radius 3 is 2.27 bits per heavy atom. The second-order valence-corrected chi connectivity index (χ2v) is 11.1. The first-order valence-electron chi connectivity index (χ1n) is 12.4. The molecule has 1 N–H and O–H groups in total. The number of nitro benzene ring substituents is 1. The number of amides is 2. The third kappa shape index (κ3) is 7.35. The van der Waals surface area contributed by atoms with E-state index in [-0.39, 0.29) is 30.1 Å². The lowest BCUT2D eigenvalue weighted by Crippen LogP contribution is -2.53. The molecule has 12 heteroatoms. The van der Waals surface area contributed by atoms with Gasteiger partial charge in [0.2, 0.25) is 21.8 Å². The summed E-state index contributed by atoms with van der Waals surface area (Å²) < 4.78 is 31.9. The first kappa shape index (κ1) is 30.1. The SMILES string of the molecule is CNC(=O)C(Cc1ccccc1)N(Cc1ccccc1C)C(=O)CN(c1cc([N+](=O)[O-])ccc1OC)S(C)(=O)=O. The largest absolute Gasteiger partial charge is 0.495 e. The Kier molecular flexibility index (Phi) is 9.83. The van der Waals surface area contributed by atoms with Crippen molar-refractivity contribution in [2.75, 3.05) is 31.3 Å². The van der Waals surface area contributed by atoms with Gasteiger partial charge in [0.15, 0.2) is 0 Å². The first-order valence-corrected chi connectivity index (χ1v) is 14.2. The van der Waals surface area contributed by atoms with Gasteiger partial charge in [-0.25, -0.2) is 8.42 Å². The van der Waals surface area contributed by atoms with Gasteiger partial charge in [-0.3, -0.25) is 24.0 Å². The highest BCUT2D eigenvalue weighted by Gasteiger charge is 2.34. The van der Waals surface area contributed by atoms with Gasteiger partial charge < -0.3 is 15.0 Å². The van der Waals surface area contributed by atoms with E-state index in [1.165, 1.54) is 31.2 Å². The Morgan fingerprint density at radius 1 is 1.05 bits per heavy atom. The van der Waals surface area contributed by atoms with Crippen LogP contribution in [0.4, 0.5) is 11.4 Å². The number of nitrogens with one attached hydrogen (secondary N) is 1. The van der Waals surface area contributed by atoms with Crippen molar-refractivity contribution >= 4 is 33.2 Å². The van der Waals surface area contributed by atoms with Crippen molar-refractivity contribution in [3.05, 3.63) is 99.6 Å². The molecule has 3 aromatic carbocycles. The molecule has 11 nitrogen and oxygen atoms in total. The quantitative estimate of drug-likeness (QED) is 0.262. The number of non-ortho nitro benzene ring substituents is 1. The third-order valence-electron chi connectivity index (χ3n) is 6.44. The lowest BCUT2D eigenvalue weighted by Gasteiger charge is -2.33. The Morgan fingerprint density at radius 2 is 1.70 bits per heavy atom. The summed E-state index contributed by atoms with van der Waals surface area (Å²) in [6.07, 6.45) is 1.07. The fourth-order valence-electron chi connectivity index (χ4n) is 4.27. The second kappa shape index (κ2) is 13.1. The highest BCUT2D eigenvalue weighted by Crippen LogP contribution is 2.34. The molecule has 3 rings (SSSR count). The van der Waals surface area contributed by atoms with Gasteiger partial charge in [-0.05, 0) is 29.7 Å². The Labute approximate surface area is 233 Å². The summed E-state index contributed by atoms with van der Waals surface area (Å²) in [5.41, 5.74) is 1.93. The maximum atomic E-state index is 14.0. The van der Waals surface area contributed by atoms with E-state index in [4.69, 9.17) is 4.74 Å². The van der Waals surface area contributed by atoms with E-state index in [9.17, 15) is 28.1 Å². The fourth-order valence-corrected chi connectivity index (χ4v) is 5.12. The number of likely N-dealkylation sites (N-methyl/N-ethyl adjacent to an activating group) is 1. The molecule has 0 fully saturated rings. The van der Waals surface area contributed by atoms with Crippen molar-refractivity contribution in [1.82, 2.24) is 10.2 Å². The van der Waals surface area contributed by atoms with Crippen molar-refractivity contribution in [2.24, 2.45) is 0 Å². The Bertz CT molecular complexity index is 1480. The van der Waals surface area contributed by atoms with Crippen molar-refractivity contribution in [1.29, 1.82) is 0 Å². The zero-order chi connectivity index (χ0) is 29.4. The van der Waals surface area contributed by atoms with Gasteiger partial charge in [0.05, 0.1) is 18.3 Å². The molecule has 3 aromatic rings. The summed E-state index contributed by atoms with van der Waals surface area (Å²) in [6.45, 7) is 1.19. The molecule has 0 saturated heterocycles. The molecule has 0 bridgehead atoms. The lowest BCUT2D eigenvalue weighted by atomic mass is 10.0. The predicted octanol–water partition coefficient (Wildman–Crippen LogP) is 3.06. The smallest absolute Gasteiger partial charge is 0.271 e. The molecule has 1 unspecified atom stereocenters. The number of methoxy groups -OCH3 is 1. The van der Waals surface area contributed by atoms with Crippen molar-refractivity contribution in [2.45, 2.75) is 25.9 Å². The molecule has 2 amide bonds. The van der Waals surface area contributed by atoms with Crippen LogP contribution in [0.25, 0.3) is 0 Å². The number of benzene rings is 3. The maximum absolute atomic E-state index is 14.0. The van der Waals surface area contributed by atoms with Crippen LogP contribution in [0.5, 0.6) is 5.75 Å². The second-order valence-electron chi connectivity index (χ2n) is 9.15. The molecule has 0 spiro atoms. The molecule has 0 aliphatic heterocycles. The minimum Gasteiger partial charge on any atom is -0.495 e. The summed E-state index contributed by atoms with van der Waals surface area (Å²) in [5.74, 6) is -1.07. The average Bonchev–Trinajstić information content (AvgIpc) is 2.93. The molecule has 0 saturated carbocycles. The zero-order valence-electron chi connectivity index (χ0n) is 22.7. The van der Waals surface area contributed by atoms with E-state index in [2.05, 4.69) is 5.32 Å². The molecule has 40 heavy (non-hydrogen) atoms. The van der Waals surface area contributed by atoms with Crippen LogP contribution < -0.4 is 14.4 Å². The van der Waals surface area contributed by atoms with Gasteiger partial charge in [-0.2, -0.15) is 0 Å². The predicted molar refractivity (Wildman–Crippen MR) is 152 cm³/mol. The van der Waals surface area contributed by atoms with Crippen LogP contribution in [0.15, 0.2) is 72.8 Å². The number of anilines is 1. The maximum Gasteiger partial charge on any atom is 0.271 e. The number of nitrogens with zero attached hydrogens (tertiary/aromatic N) is 3. The van der Waals surface area contributed by atoms with Gasteiger partial charge in [0, 0.05) is 32.1 Å². The zero-order valence-corrected chi connectivity index (χ0v) is 23.6. The highest BCUT2D eigenvalue weighted by atomic mass is 32.2. The minimum absolute atomic E-state index is 0.0279. The molecule has 0 radical (unpaired) electrons. The van der Waals surface area contributed by atoms with Crippen LogP contribution in [0.1, 0.15) is 16.7 Å². The van der Waals surface area contributed by atoms with Crippen LogP contribution in [-0.4, -0.2) is 63.1 Å². The molecular weight excluding hydrogens is 536 g/mol. The summed E-state index contributed by atoms with van der Waals surface area (Å²) >= 11 is 0. The Balaban J connectivity index is 2.11. The topological polar surface area (TPSA) is 139 Å². The normalized spacial score (nSPS) is 11.8. The standard InChI is InChI=1S/C28H32N4O7S/c1-20-10-8-9-13-22(20)18-30(25(28(34)29-2)16-21-11-6-5-7-12-21)27(33)19-31(40(4,37)38)24-17-23(32(35)36)14-15-26(24)39-3/h5-15,17,25H,16,18-19H2,1-4H3,(H,29,34). The van der Waals surface area contributed by atoms with Crippen LogP contribution >= 0.6 is 0 Å². The number of ether oxygens (including phenoxy) is 1. The molecule has 0 aliphatic rings. The number of rotatable bonds is 12. The van der Waals surface area contributed by atoms with Crippen LogP contribution in [0.3, 0.4) is 0 Å². The van der Waals surface area contributed by atoms with Crippen LogP contribution in [0.2, 0.25) is 0 Å². The number of carbonyl (C=O) groups excluding carboxylic acids is 2. The first-order chi connectivity index (χ1) is 19.0. The van der Waals surface area contributed by atoms with E-state index >= 15 is 0 Å². The Hall–Kier alpha value is -4.45. The molecule has 212 valence electrons. The lowest BCUT2D eigenvalue weighted by molar-refractivity contribution is -0.384. The average molecular weight is 569 g/mol. The number of carbonyl (C=O) groups is 2. The fraction of sp³-hybridized carbons (Fsp3) is 0.286. The van der Waals surface area contributed by atoms with E-state index in [0.717, 1.165) is 33.3 Å². The van der Waals surface area contributed by atoms with Crippen molar-refractivity contribution < 1.29 is 27.7 Å². The summed E-state index contributed by atoms with van der Waals surface area (Å²) in [7, 11) is -1.37. The summed E-state index contributed by atoms with van der Waals surface area (Å²) in [4.78, 5) is 39.3. The summed E-state index contributed by atoms with van der Waals surface area (Å²) in [5, 5.41) is 14.1. The number of aryl methyl sites for hydroxylation is 1. The number of hydrogen-bond acceptors (Lipinski definition) is 7. The summed E-state index contributed by atoms with van der Waals surface area (Å²) in [6, 6.07) is 19.0. The van der Waals surface area contributed by atoms with Gasteiger partial charge >= 0.3 is 0 Å². The van der Waals surface area contributed by atoms with Gasteiger partial charge in [-0.1, -0.05) is 54.6 Å². The number of hydrogen-bond donors (Lipinski definition) is 1. The third-order valence-corrected chi connectivity index (χ3v) is 7.57. The van der Waals surface area contributed by atoms with Gasteiger partial charge in [0.25, 0.3) is 5.69 Å². The molecular formula is C28H32N4O7S. The van der Waals surface area contributed by atoms with Gasteiger partial charge in [-0.15, -0.1) is 0 Å². The van der Waals surface area contributed by atoms with Crippen molar-refractivity contribution in [3.63, 3.8) is 0 Å². The molecule has 0 heterocycles. The molecule has 0 aliphatic carbocycles. The monoisotopic (exact) mass is 568 g/mol. The van der Waals surface area contributed by atoms with Gasteiger partial charge in [0.1, 0.15) is 24.0 Å². The van der Waals surface area contributed by atoms with E-state index < -0.39 is 39.3 Å².